The summed E-state index contributed by atoms with van der Waals surface area (Å²) in [5.41, 5.74) is -4.65. The molecule has 3 aromatic carbocycles. The van der Waals surface area contributed by atoms with Gasteiger partial charge in [0, 0.05) is 11.1 Å². The van der Waals surface area contributed by atoms with Gasteiger partial charge in [-0.1, -0.05) is 30.3 Å². The molecule has 0 bridgehead atoms. The maximum Gasteiger partial charge on any atom is 0.424 e. The van der Waals surface area contributed by atoms with Gasteiger partial charge in [0.05, 0.1) is 36.7 Å². The van der Waals surface area contributed by atoms with Gasteiger partial charge in [-0.15, -0.1) is 0 Å². The average molecular weight is 698 g/mol. The highest BCUT2D eigenvalue weighted by Gasteiger charge is 2.57. The number of nitrogens with one attached hydrogen (secondary N) is 2. The lowest BCUT2D eigenvalue weighted by atomic mass is 9.92. The van der Waals surface area contributed by atoms with Crippen LogP contribution in [0.5, 0.6) is 11.5 Å². The number of amides is 2. The zero-order valence-electron chi connectivity index (χ0n) is 27.1. The normalized spacial score (nSPS) is 15.3. The van der Waals surface area contributed by atoms with Crippen molar-refractivity contribution in [2.45, 2.75) is 49.8 Å². The number of alkyl carbamates (subject to hydrolysis) is 1. The molecular formula is C36H35F4N3O7. The van der Waals surface area contributed by atoms with E-state index in [9.17, 15) is 37.4 Å². The summed E-state index contributed by atoms with van der Waals surface area (Å²) in [4.78, 5) is 30.1. The summed E-state index contributed by atoms with van der Waals surface area (Å²) in [7, 11) is 1.30. The van der Waals surface area contributed by atoms with Crippen LogP contribution >= 0.6 is 0 Å². The second kappa shape index (κ2) is 14.7. The van der Waals surface area contributed by atoms with E-state index in [2.05, 4.69) is 15.6 Å². The molecule has 264 valence electrons. The number of alkyl halides is 3. The molecule has 50 heavy (non-hydrogen) atoms. The van der Waals surface area contributed by atoms with E-state index in [1.165, 1.54) is 50.4 Å². The SMILES string of the molecule is COc1cc(C(=O)NCC(O)(c2cc(C3(NC(=O)OCc4ccccc4)CC3)cc(-c3ccc(F)cc3)n2)C(F)(F)F)ccc1OC[C@@H](C)O. The van der Waals surface area contributed by atoms with E-state index in [4.69, 9.17) is 14.2 Å². The van der Waals surface area contributed by atoms with Gasteiger partial charge in [0.1, 0.15) is 19.0 Å². The van der Waals surface area contributed by atoms with Crippen LogP contribution in [0, 0.1) is 5.82 Å². The van der Waals surface area contributed by atoms with Crippen LogP contribution in [0.1, 0.15) is 46.9 Å². The first-order valence-corrected chi connectivity index (χ1v) is 15.6. The molecule has 0 spiro atoms. The number of aromatic nitrogens is 1. The van der Waals surface area contributed by atoms with Crippen LogP contribution in [-0.4, -0.2) is 59.7 Å². The van der Waals surface area contributed by atoms with Crippen LogP contribution in [0.25, 0.3) is 11.3 Å². The van der Waals surface area contributed by atoms with Crippen molar-refractivity contribution in [1.29, 1.82) is 0 Å². The van der Waals surface area contributed by atoms with E-state index < -0.39 is 53.5 Å². The Morgan fingerprint density at radius 3 is 2.30 bits per heavy atom. The van der Waals surface area contributed by atoms with Crippen LogP contribution < -0.4 is 20.1 Å². The molecule has 4 N–H and O–H groups in total. The van der Waals surface area contributed by atoms with E-state index in [0.717, 1.165) is 23.8 Å². The van der Waals surface area contributed by atoms with E-state index in [-0.39, 0.29) is 47.1 Å². The second-order valence-corrected chi connectivity index (χ2v) is 12.0. The Morgan fingerprint density at radius 1 is 0.980 bits per heavy atom. The minimum atomic E-state index is -5.35. The summed E-state index contributed by atoms with van der Waals surface area (Å²) < 4.78 is 74.3. The molecule has 10 nitrogen and oxygen atoms in total. The van der Waals surface area contributed by atoms with E-state index in [1.54, 1.807) is 24.3 Å². The van der Waals surface area contributed by atoms with Gasteiger partial charge in [0.25, 0.3) is 5.91 Å². The zero-order valence-corrected chi connectivity index (χ0v) is 27.1. The molecule has 1 aliphatic carbocycles. The lowest BCUT2D eigenvalue weighted by Gasteiger charge is -2.31. The fourth-order valence-electron chi connectivity index (χ4n) is 5.14. The van der Waals surface area contributed by atoms with Gasteiger partial charge in [-0.05, 0) is 85.5 Å². The topological polar surface area (TPSA) is 139 Å². The maximum atomic E-state index is 14.8. The predicted octanol–water partition coefficient (Wildman–Crippen LogP) is 5.75. The van der Waals surface area contributed by atoms with Crippen molar-refractivity contribution in [3.8, 4) is 22.8 Å². The molecule has 1 unspecified atom stereocenters. The highest BCUT2D eigenvalue weighted by Crippen LogP contribution is 2.48. The highest BCUT2D eigenvalue weighted by molar-refractivity contribution is 5.95. The monoisotopic (exact) mass is 697 g/mol. The first kappa shape index (κ1) is 36.1. The number of hydrogen-bond donors (Lipinski definition) is 4. The number of nitrogens with zero attached hydrogens (tertiary/aromatic N) is 1. The Morgan fingerprint density at radius 2 is 1.68 bits per heavy atom. The molecule has 0 saturated heterocycles. The number of benzene rings is 3. The molecule has 1 heterocycles. The summed E-state index contributed by atoms with van der Waals surface area (Å²) >= 11 is 0. The number of halogens is 4. The number of rotatable bonds is 13. The van der Waals surface area contributed by atoms with E-state index in [1.807, 2.05) is 6.07 Å². The molecule has 1 fully saturated rings. The second-order valence-electron chi connectivity index (χ2n) is 12.0. The summed E-state index contributed by atoms with van der Waals surface area (Å²) in [6.45, 7) is 0.0581. The molecular weight excluding hydrogens is 662 g/mol. The number of carbonyl (C=O) groups excluding carboxylic acids is 2. The van der Waals surface area contributed by atoms with Crippen LogP contribution in [0.4, 0.5) is 22.4 Å². The van der Waals surface area contributed by atoms with Crippen molar-refractivity contribution in [1.82, 2.24) is 15.6 Å². The first-order valence-electron chi connectivity index (χ1n) is 15.6. The third-order valence-corrected chi connectivity index (χ3v) is 8.13. The Hall–Kier alpha value is -5.21. The van der Waals surface area contributed by atoms with Crippen LogP contribution in [0.3, 0.4) is 0 Å². The van der Waals surface area contributed by atoms with Gasteiger partial charge in [-0.3, -0.25) is 4.79 Å². The molecule has 1 aliphatic rings. The van der Waals surface area contributed by atoms with Gasteiger partial charge < -0.3 is 35.1 Å². The minimum absolute atomic E-state index is 0.0326. The first-order chi connectivity index (χ1) is 23.7. The molecule has 0 aliphatic heterocycles. The van der Waals surface area contributed by atoms with Crippen LogP contribution in [0.2, 0.25) is 0 Å². The standard InChI is InChI=1S/C36H35F4N3O7/c1-22(44)19-49-29-13-10-25(16-30(29)48-2)32(45)41-21-35(47,36(38,39)40)31-18-26(17-28(42-31)24-8-11-27(37)12-9-24)34(14-15-34)43-33(46)50-20-23-6-4-3-5-7-23/h3-13,16-18,22,44,47H,14-15,19-21H2,1-2H3,(H,41,45)(H,43,46)/t22-,35?/m1/s1. The van der Waals surface area contributed by atoms with Crippen molar-refractivity contribution in [3.63, 3.8) is 0 Å². The molecule has 5 rings (SSSR count). The van der Waals surface area contributed by atoms with E-state index in [0.29, 0.717) is 12.8 Å². The van der Waals surface area contributed by atoms with Gasteiger partial charge in [-0.2, -0.15) is 13.2 Å². The van der Waals surface area contributed by atoms with Crippen molar-refractivity contribution < 1.29 is 51.6 Å². The van der Waals surface area contributed by atoms with Crippen molar-refractivity contribution >= 4 is 12.0 Å². The largest absolute Gasteiger partial charge is 0.493 e. The minimum Gasteiger partial charge on any atom is -0.493 e. The number of carbonyl (C=O) groups is 2. The zero-order chi connectivity index (χ0) is 36.1. The Labute approximate surface area is 285 Å². The van der Waals surface area contributed by atoms with Crippen molar-refractivity contribution in [3.05, 3.63) is 113 Å². The van der Waals surface area contributed by atoms with Crippen molar-refractivity contribution in [2.75, 3.05) is 20.3 Å². The molecule has 1 aromatic heterocycles. The quantitative estimate of drug-likeness (QED) is 0.130. The number of methoxy groups -OCH3 is 1. The fraction of sp³-hybridized carbons (Fsp3) is 0.306. The number of aliphatic hydroxyl groups excluding tert-OH is 1. The lowest BCUT2D eigenvalue weighted by molar-refractivity contribution is -0.265. The summed E-state index contributed by atoms with van der Waals surface area (Å²) in [6, 6.07) is 20.1. The molecule has 4 aromatic rings. The van der Waals surface area contributed by atoms with Gasteiger partial charge in [0.15, 0.2) is 11.5 Å². The van der Waals surface area contributed by atoms with Crippen molar-refractivity contribution in [2.24, 2.45) is 0 Å². The third kappa shape index (κ3) is 8.32. The molecule has 2 atom stereocenters. The Kier molecular flexibility index (Phi) is 10.6. The molecule has 1 saturated carbocycles. The summed E-state index contributed by atoms with van der Waals surface area (Å²) in [5, 5.41) is 25.7. The number of ether oxygens (including phenoxy) is 3. The molecule has 0 radical (unpaired) electrons. The molecule has 14 heteroatoms. The average Bonchev–Trinajstić information content (AvgIpc) is 3.89. The maximum absolute atomic E-state index is 14.8. The lowest BCUT2D eigenvalue weighted by Crippen LogP contribution is -2.51. The molecule has 2 amide bonds. The summed E-state index contributed by atoms with van der Waals surface area (Å²) in [6.07, 6.45) is -6.25. The Balaban J connectivity index is 1.45. The number of pyridine rings is 1. The van der Waals surface area contributed by atoms with Crippen LogP contribution in [0.15, 0.2) is 84.9 Å². The summed E-state index contributed by atoms with van der Waals surface area (Å²) in [5.74, 6) is -1.27. The number of hydrogen-bond acceptors (Lipinski definition) is 8. The predicted molar refractivity (Wildman–Crippen MR) is 173 cm³/mol. The third-order valence-electron chi connectivity index (χ3n) is 8.13. The van der Waals surface area contributed by atoms with Gasteiger partial charge >= 0.3 is 12.3 Å². The van der Waals surface area contributed by atoms with Crippen LogP contribution in [-0.2, 0) is 22.5 Å². The fourth-order valence-corrected chi connectivity index (χ4v) is 5.14. The Bertz CT molecular complexity index is 1820. The van der Waals surface area contributed by atoms with E-state index >= 15 is 0 Å². The number of aliphatic hydroxyl groups is 2. The van der Waals surface area contributed by atoms with Gasteiger partial charge in [0.2, 0.25) is 5.60 Å². The highest BCUT2D eigenvalue weighted by atomic mass is 19.4. The van der Waals surface area contributed by atoms with Gasteiger partial charge in [-0.25, -0.2) is 14.2 Å². The smallest absolute Gasteiger partial charge is 0.424 e.